The van der Waals surface area contributed by atoms with E-state index in [1.807, 2.05) is 0 Å². The average Bonchev–Trinajstić information content (AvgIpc) is 2.60. The average molecular weight is 432 g/mol. The van der Waals surface area contributed by atoms with Crippen molar-refractivity contribution in [3.05, 3.63) is 32.4 Å². The number of carbonyl (C=O) groups is 1. The third-order valence-corrected chi connectivity index (χ3v) is 5.90. The molecule has 29 heavy (non-hydrogen) atoms. The first-order chi connectivity index (χ1) is 13.2. The number of benzene rings is 1. The number of carbonyl (C=O) groups excluding carboxylic acids is 1. The molecule has 0 aliphatic heterocycles. The number of amides is 1. The number of nitro groups is 2. The van der Waals surface area contributed by atoms with Crippen molar-refractivity contribution >= 4 is 33.2 Å². The maximum atomic E-state index is 12.8. The minimum atomic E-state index is -4.63. The molecule has 0 radical (unpaired) electrons. The Balaban J connectivity index is 3.97. The molecule has 0 bridgehead atoms. The Morgan fingerprint density at radius 3 is 1.79 bits per heavy atom. The van der Waals surface area contributed by atoms with E-state index >= 15 is 0 Å². The first kappa shape index (κ1) is 24.1. The summed E-state index contributed by atoms with van der Waals surface area (Å²) >= 11 is 0. The van der Waals surface area contributed by atoms with Crippen LogP contribution in [0.4, 0.5) is 21.9 Å². The van der Waals surface area contributed by atoms with Crippen molar-refractivity contribution in [2.45, 2.75) is 45.1 Å². The van der Waals surface area contributed by atoms with Crippen LogP contribution in [-0.2, 0) is 14.8 Å². The molecule has 0 fully saturated rings. The summed E-state index contributed by atoms with van der Waals surface area (Å²) in [5.41, 5.74) is -2.55. The molecule has 0 aliphatic rings. The fraction of sp³-hybridized carbons (Fsp3) is 0.562. The second kappa shape index (κ2) is 8.59. The fourth-order valence-corrected chi connectivity index (χ4v) is 4.26. The zero-order chi connectivity index (χ0) is 22.7. The fourth-order valence-electron chi connectivity index (χ4n) is 2.88. The summed E-state index contributed by atoms with van der Waals surface area (Å²) in [5, 5.41) is 23.4. The molecule has 1 aromatic rings. The van der Waals surface area contributed by atoms with Crippen LogP contribution in [0.15, 0.2) is 17.0 Å². The smallest absolute Gasteiger partial charge is 0.423 e. The molecule has 13 heteroatoms. The highest BCUT2D eigenvalue weighted by atomic mass is 32.2. The number of methoxy groups -OCH3 is 1. The lowest BCUT2D eigenvalue weighted by Crippen LogP contribution is -2.42. The molecule has 0 unspecified atom stereocenters. The van der Waals surface area contributed by atoms with E-state index in [9.17, 15) is 33.4 Å². The van der Waals surface area contributed by atoms with Crippen LogP contribution in [0.2, 0.25) is 0 Å². The van der Waals surface area contributed by atoms with Gasteiger partial charge in [0.05, 0.1) is 17.0 Å². The molecule has 0 spiro atoms. The summed E-state index contributed by atoms with van der Waals surface area (Å²) in [6.45, 7) is 8.02. The number of hydrogen-bond acceptors (Lipinski definition) is 9. The van der Waals surface area contributed by atoms with Crippen LogP contribution in [-0.4, -0.2) is 54.4 Å². The van der Waals surface area contributed by atoms with Crippen molar-refractivity contribution in [3.63, 3.8) is 0 Å². The first-order valence-corrected chi connectivity index (χ1v) is 10.0. The molecule has 0 aromatic heterocycles. The molecular weight excluding hydrogens is 408 g/mol. The van der Waals surface area contributed by atoms with Crippen LogP contribution in [0.25, 0.3) is 0 Å². The van der Waals surface area contributed by atoms with Gasteiger partial charge >= 0.3 is 17.5 Å². The van der Waals surface area contributed by atoms with E-state index in [2.05, 4.69) is 4.74 Å². The zero-order valence-corrected chi connectivity index (χ0v) is 17.8. The Morgan fingerprint density at radius 1 is 1.07 bits per heavy atom. The summed E-state index contributed by atoms with van der Waals surface area (Å²) in [5.74, 6) is 0. The Morgan fingerprint density at radius 2 is 1.52 bits per heavy atom. The van der Waals surface area contributed by atoms with Crippen molar-refractivity contribution in [1.82, 2.24) is 4.31 Å². The van der Waals surface area contributed by atoms with Crippen LogP contribution in [0.5, 0.6) is 0 Å². The van der Waals surface area contributed by atoms with Gasteiger partial charge in [0, 0.05) is 30.8 Å². The molecule has 0 atom stereocenters. The molecule has 0 saturated carbocycles. The third kappa shape index (κ3) is 4.72. The number of hydrogen-bond donors (Lipinski definition) is 0. The van der Waals surface area contributed by atoms with Crippen molar-refractivity contribution < 1.29 is 27.8 Å². The largest absolute Gasteiger partial charge is 0.452 e. The van der Waals surface area contributed by atoms with Crippen molar-refractivity contribution in [1.29, 1.82) is 0 Å². The molecule has 1 aromatic carbocycles. The molecule has 0 saturated heterocycles. The van der Waals surface area contributed by atoms with Crippen molar-refractivity contribution in [3.8, 4) is 0 Å². The highest BCUT2D eigenvalue weighted by Crippen LogP contribution is 2.43. The Kier molecular flexibility index (Phi) is 7.13. The maximum Gasteiger partial charge on any atom is 0.423 e. The van der Waals surface area contributed by atoms with E-state index in [1.165, 1.54) is 11.8 Å². The lowest BCUT2D eigenvalue weighted by atomic mass is 10.0. The molecule has 1 rings (SSSR count). The normalized spacial score (nSPS) is 11.7. The van der Waals surface area contributed by atoms with Crippen LogP contribution >= 0.6 is 0 Å². The molecule has 0 aliphatic carbocycles. The van der Waals surface area contributed by atoms with Gasteiger partial charge in [-0.15, -0.1) is 0 Å². The zero-order valence-electron chi connectivity index (χ0n) is 17.0. The van der Waals surface area contributed by atoms with Crippen LogP contribution in [0.3, 0.4) is 0 Å². The van der Waals surface area contributed by atoms with Gasteiger partial charge in [0.1, 0.15) is 4.90 Å². The highest BCUT2D eigenvalue weighted by Gasteiger charge is 2.39. The van der Waals surface area contributed by atoms with Gasteiger partial charge in [0.25, 0.3) is 10.0 Å². The van der Waals surface area contributed by atoms with Crippen LogP contribution in [0, 0.1) is 20.2 Å². The van der Waals surface area contributed by atoms with Gasteiger partial charge in [-0.3, -0.25) is 20.2 Å². The predicted octanol–water partition coefficient (Wildman–Crippen LogP) is 2.90. The highest BCUT2D eigenvalue weighted by molar-refractivity contribution is 7.89. The minimum Gasteiger partial charge on any atom is -0.452 e. The summed E-state index contributed by atoms with van der Waals surface area (Å²) in [4.78, 5) is 34.1. The molecule has 0 heterocycles. The Labute approximate surface area is 168 Å². The maximum absolute atomic E-state index is 12.8. The van der Waals surface area contributed by atoms with E-state index in [1.54, 1.807) is 27.7 Å². The van der Waals surface area contributed by atoms with Gasteiger partial charge in [0.2, 0.25) is 0 Å². The number of nitrogens with zero attached hydrogens (tertiary/aromatic N) is 4. The standard InChI is InChI=1S/C16H24N4O8S/c1-7-17(16(3,4)5)14-12(19(22)23)9-11(10-13(14)20(24)25)29(26,27)18(8-2)15(21)28-6/h9-10H,7-8H2,1-6H3. The molecular formula is C16H24N4O8S. The Bertz CT molecular complexity index is 888. The van der Waals surface area contributed by atoms with Gasteiger partial charge in [-0.05, 0) is 34.6 Å². The number of rotatable bonds is 7. The predicted molar refractivity (Wildman–Crippen MR) is 104 cm³/mol. The third-order valence-electron chi connectivity index (χ3n) is 4.09. The summed E-state index contributed by atoms with van der Waals surface area (Å²) < 4.78 is 30.4. The lowest BCUT2D eigenvalue weighted by molar-refractivity contribution is -0.393. The monoisotopic (exact) mass is 432 g/mol. The second-order valence-electron chi connectivity index (χ2n) is 6.88. The number of ether oxygens (including phenoxy) is 1. The van der Waals surface area contributed by atoms with Gasteiger partial charge in [-0.1, -0.05) is 0 Å². The van der Waals surface area contributed by atoms with E-state index < -0.39 is 47.8 Å². The van der Waals surface area contributed by atoms with E-state index in [4.69, 9.17) is 0 Å². The van der Waals surface area contributed by atoms with Crippen LogP contribution < -0.4 is 4.90 Å². The van der Waals surface area contributed by atoms with Gasteiger partial charge in [-0.2, -0.15) is 0 Å². The topological polar surface area (TPSA) is 153 Å². The molecule has 162 valence electrons. The molecule has 0 N–H and O–H groups in total. The van der Waals surface area contributed by atoms with Crippen LogP contribution in [0.1, 0.15) is 34.6 Å². The number of anilines is 1. The molecule has 12 nitrogen and oxygen atoms in total. The SMILES string of the molecule is CCN(c1c([N+](=O)[O-])cc(S(=O)(=O)N(CC)C(=O)OC)cc1[N+](=O)[O-])C(C)(C)C. The second-order valence-corrected chi connectivity index (χ2v) is 8.74. The summed E-state index contributed by atoms with van der Waals surface area (Å²) in [7, 11) is -3.66. The van der Waals surface area contributed by atoms with Gasteiger partial charge < -0.3 is 9.64 Å². The van der Waals surface area contributed by atoms with Gasteiger partial charge in [0.15, 0.2) is 5.69 Å². The quantitative estimate of drug-likeness (QED) is 0.467. The Hall–Kier alpha value is -2.96. The number of sulfonamides is 1. The summed E-state index contributed by atoms with van der Waals surface area (Å²) in [6, 6.07) is 1.44. The van der Waals surface area contributed by atoms with E-state index in [0.29, 0.717) is 4.31 Å². The van der Waals surface area contributed by atoms with E-state index in [-0.39, 0.29) is 18.8 Å². The van der Waals surface area contributed by atoms with Gasteiger partial charge in [-0.25, -0.2) is 17.5 Å². The minimum absolute atomic E-state index is 0.195. The van der Waals surface area contributed by atoms with Crippen molar-refractivity contribution in [2.24, 2.45) is 0 Å². The number of nitro benzene ring substituents is 2. The van der Waals surface area contributed by atoms with Crippen molar-refractivity contribution in [2.75, 3.05) is 25.1 Å². The molecule has 1 amide bonds. The first-order valence-electron chi connectivity index (χ1n) is 8.59. The lowest BCUT2D eigenvalue weighted by Gasteiger charge is -2.36. The summed E-state index contributed by atoms with van der Waals surface area (Å²) in [6.07, 6.45) is -1.22. The van der Waals surface area contributed by atoms with E-state index in [0.717, 1.165) is 19.2 Å².